The molecule has 22 heavy (non-hydrogen) atoms. The predicted octanol–water partition coefficient (Wildman–Crippen LogP) is 2.25. The van der Waals surface area contributed by atoms with Gasteiger partial charge in [-0.2, -0.15) is 0 Å². The summed E-state index contributed by atoms with van der Waals surface area (Å²) >= 11 is 0. The van der Waals surface area contributed by atoms with Crippen LogP contribution in [0.3, 0.4) is 0 Å². The molecule has 1 amide bonds. The summed E-state index contributed by atoms with van der Waals surface area (Å²) in [5.41, 5.74) is 1.89. The lowest BCUT2D eigenvalue weighted by atomic mass is 10.0. The zero-order valence-corrected chi connectivity index (χ0v) is 13.9. The number of carbonyl (C=O) groups is 2. The fourth-order valence-electron chi connectivity index (χ4n) is 2.24. The van der Waals surface area contributed by atoms with Crippen LogP contribution in [0.25, 0.3) is 0 Å². The number of nitrogens with one attached hydrogen (secondary N) is 1. The van der Waals surface area contributed by atoms with Gasteiger partial charge in [0.05, 0.1) is 20.6 Å². The van der Waals surface area contributed by atoms with Crippen molar-refractivity contribution in [3.05, 3.63) is 29.3 Å². The number of rotatable bonds is 7. The van der Waals surface area contributed by atoms with Crippen molar-refractivity contribution in [2.75, 3.05) is 14.2 Å². The monoisotopic (exact) mass is 307 g/mol. The normalized spacial score (nSPS) is 11.9. The van der Waals surface area contributed by atoms with Gasteiger partial charge in [0.15, 0.2) is 0 Å². The second kappa shape index (κ2) is 8.41. The minimum atomic E-state index is -0.601. The summed E-state index contributed by atoms with van der Waals surface area (Å²) < 4.78 is 9.90. The largest absolute Gasteiger partial charge is 0.497 e. The van der Waals surface area contributed by atoms with E-state index in [9.17, 15) is 9.59 Å². The van der Waals surface area contributed by atoms with E-state index in [2.05, 4.69) is 5.32 Å². The summed E-state index contributed by atoms with van der Waals surface area (Å²) in [7, 11) is 2.93. The number of amides is 1. The van der Waals surface area contributed by atoms with Crippen LogP contribution in [0.15, 0.2) is 18.2 Å². The number of hydrogen-bond donors (Lipinski definition) is 1. The molecule has 0 bridgehead atoms. The Morgan fingerprint density at radius 1 is 1.23 bits per heavy atom. The molecule has 5 heteroatoms. The second-order valence-corrected chi connectivity index (χ2v) is 5.74. The molecule has 1 aromatic rings. The minimum Gasteiger partial charge on any atom is -0.497 e. The highest BCUT2D eigenvalue weighted by Gasteiger charge is 2.22. The molecule has 0 aromatic heterocycles. The molecule has 0 aliphatic carbocycles. The first-order chi connectivity index (χ1) is 10.4. The van der Waals surface area contributed by atoms with Gasteiger partial charge in [-0.3, -0.25) is 4.79 Å². The summed E-state index contributed by atoms with van der Waals surface area (Å²) in [6, 6.07) is 4.97. The van der Waals surface area contributed by atoms with Gasteiger partial charge < -0.3 is 14.8 Å². The summed E-state index contributed by atoms with van der Waals surface area (Å²) in [5.74, 6) is 0.443. The van der Waals surface area contributed by atoms with Crippen LogP contribution < -0.4 is 10.1 Å². The molecule has 0 aliphatic rings. The minimum absolute atomic E-state index is 0.190. The Hall–Kier alpha value is -2.04. The first-order valence-corrected chi connectivity index (χ1v) is 7.38. The van der Waals surface area contributed by atoms with E-state index >= 15 is 0 Å². The molecule has 122 valence electrons. The Morgan fingerprint density at radius 3 is 2.41 bits per heavy atom. The average molecular weight is 307 g/mol. The molecule has 0 aliphatic heterocycles. The second-order valence-electron chi connectivity index (χ2n) is 5.74. The third-order valence-corrected chi connectivity index (χ3v) is 3.43. The molecule has 0 spiro atoms. The molecule has 0 heterocycles. The molecule has 1 atom stereocenters. The van der Waals surface area contributed by atoms with Crippen LogP contribution in [0.5, 0.6) is 5.75 Å². The van der Waals surface area contributed by atoms with Crippen molar-refractivity contribution >= 4 is 11.9 Å². The highest BCUT2D eigenvalue weighted by molar-refractivity contribution is 5.85. The maximum atomic E-state index is 12.2. The summed E-state index contributed by atoms with van der Waals surface area (Å²) in [6.07, 6.45) is 0.779. The van der Waals surface area contributed by atoms with E-state index in [0.29, 0.717) is 6.42 Å². The van der Waals surface area contributed by atoms with Crippen molar-refractivity contribution in [2.24, 2.45) is 5.92 Å². The Labute approximate surface area is 132 Å². The highest BCUT2D eigenvalue weighted by Crippen LogP contribution is 2.17. The first-order valence-electron chi connectivity index (χ1n) is 7.38. The van der Waals surface area contributed by atoms with Gasteiger partial charge in [0.25, 0.3) is 0 Å². The van der Waals surface area contributed by atoms with Gasteiger partial charge in [-0.15, -0.1) is 0 Å². The van der Waals surface area contributed by atoms with E-state index in [1.165, 1.54) is 7.11 Å². The van der Waals surface area contributed by atoms with Crippen LogP contribution in [0, 0.1) is 12.8 Å². The van der Waals surface area contributed by atoms with Crippen molar-refractivity contribution in [3.8, 4) is 5.75 Å². The van der Waals surface area contributed by atoms with E-state index in [1.54, 1.807) is 7.11 Å². The number of carbonyl (C=O) groups excluding carboxylic acids is 2. The summed E-state index contributed by atoms with van der Waals surface area (Å²) in [5, 5.41) is 2.76. The molecular weight excluding hydrogens is 282 g/mol. The molecule has 0 radical (unpaired) electrons. The van der Waals surface area contributed by atoms with Gasteiger partial charge >= 0.3 is 5.97 Å². The van der Waals surface area contributed by atoms with E-state index in [-0.39, 0.29) is 18.2 Å². The lowest BCUT2D eigenvalue weighted by Crippen LogP contribution is -2.43. The topological polar surface area (TPSA) is 64.6 Å². The quantitative estimate of drug-likeness (QED) is 0.785. The summed E-state index contributed by atoms with van der Waals surface area (Å²) in [6.45, 7) is 5.92. The number of aryl methyl sites for hydroxylation is 1. The van der Waals surface area contributed by atoms with Crippen LogP contribution in [0.1, 0.15) is 31.4 Å². The predicted molar refractivity (Wildman–Crippen MR) is 84.8 cm³/mol. The zero-order chi connectivity index (χ0) is 16.7. The summed E-state index contributed by atoms with van der Waals surface area (Å²) in [4.78, 5) is 23.9. The Kier molecular flexibility index (Phi) is 6.89. The molecule has 0 saturated heterocycles. The molecule has 1 rings (SSSR count). The molecule has 1 N–H and O–H groups in total. The fourth-order valence-corrected chi connectivity index (χ4v) is 2.24. The molecule has 5 nitrogen and oxygen atoms in total. The van der Waals surface area contributed by atoms with Crippen molar-refractivity contribution in [2.45, 2.75) is 39.7 Å². The van der Waals surface area contributed by atoms with E-state index in [0.717, 1.165) is 16.9 Å². The van der Waals surface area contributed by atoms with Crippen LogP contribution in [-0.4, -0.2) is 32.1 Å². The molecule has 0 saturated carbocycles. The van der Waals surface area contributed by atoms with Crippen molar-refractivity contribution in [1.29, 1.82) is 0 Å². The molecular formula is C17H25NO4. The standard InChI is InChI=1S/C17H25NO4/c1-11(2)8-15(17(20)22-5)18-16(19)10-13-6-7-14(21-4)9-12(13)3/h6-7,9,11,15H,8,10H2,1-5H3,(H,18,19). The van der Waals surface area contributed by atoms with Crippen molar-refractivity contribution in [3.63, 3.8) is 0 Å². The maximum absolute atomic E-state index is 12.2. The van der Waals surface area contributed by atoms with E-state index in [4.69, 9.17) is 9.47 Å². The van der Waals surface area contributed by atoms with Crippen LogP contribution >= 0.6 is 0 Å². The number of ether oxygens (including phenoxy) is 2. The van der Waals surface area contributed by atoms with E-state index in [1.807, 2.05) is 39.0 Å². The number of hydrogen-bond acceptors (Lipinski definition) is 4. The van der Waals surface area contributed by atoms with Crippen molar-refractivity contribution < 1.29 is 19.1 Å². The number of esters is 1. The molecule has 1 aromatic carbocycles. The van der Waals surface area contributed by atoms with Crippen LogP contribution in [0.4, 0.5) is 0 Å². The third kappa shape index (κ3) is 5.39. The maximum Gasteiger partial charge on any atom is 0.328 e. The zero-order valence-electron chi connectivity index (χ0n) is 13.9. The Bertz CT molecular complexity index is 525. The van der Waals surface area contributed by atoms with Gasteiger partial charge in [0, 0.05) is 0 Å². The van der Waals surface area contributed by atoms with Gasteiger partial charge in [-0.1, -0.05) is 19.9 Å². The van der Waals surface area contributed by atoms with Crippen LogP contribution in [-0.2, 0) is 20.7 Å². The highest BCUT2D eigenvalue weighted by atomic mass is 16.5. The van der Waals surface area contributed by atoms with Crippen LogP contribution in [0.2, 0.25) is 0 Å². The number of benzene rings is 1. The van der Waals surface area contributed by atoms with Gasteiger partial charge in [-0.25, -0.2) is 4.79 Å². The van der Waals surface area contributed by atoms with Gasteiger partial charge in [-0.05, 0) is 42.5 Å². The van der Waals surface area contributed by atoms with Gasteiger partial charge in [0.1, 0.15) is 11.8 Å². The number of methoxy groups -OCH3 is 2. The Balaban J connectivity index is 2.72. The lowest BCUT2D eigenvalue weighted by Gasteiger charge is -2.18. The lowest BCUT2D eigenvalue weighted by molar-refractivity contribution is -0.145. The smallest absolute Gasteiger partial charge is 0.328 e. The molecule has 0 fully saturated rings. The Morgan fingerprint density at radius 2 is 1.91 bits per heavy atom. The van der Waals surface area contributed by atoms with E-state index < -0.39 is 12.0 Å². The van der Waals surface area contributed by atoms with Gasteiger partial charge in [0.2, 0.25) is 5.91 Å². The van der Waals surface area contributed by atoms with Crippen molar-refractivity contribution in [1.82, 2.24) is 5.32 Å². The first kappa shape index (κ1) is 18.0. The average Bonchev–Trinajstić information content (AvgIpc) is 2.47. The SMILES string of the molecule is COC(=O)C(CC(C)C)NC(=O)Cc1ccc(OC)cc1C. The fraction of sp³-hybridized carbons (Fsp3) is 0.529. The third-order valence-electron chi connectivity index (χ3n) is 3.43. The molecule has 1 unspecified atom stereocenters.